The molecule has 1 unspecified atom stereocenters. The molecule has 0 radical (unpaired) electrons. The Bertz CT molecular complexity index is 654. The van der Waals surface area contributed by atoms with Gasteiger partial charge in [-0.1, -0.05) is 54.6 Å². The van der Waals surface area contributed by atoms with Gasteiger partial charge in [0.25, 0.3) is 0 Å². The van der Waals surface area contributed by atoms with E-state index in [0.717, 1.165) is 6.42 Å². The van der Waals surface area contributed by atoms with E-state index >= 15 is 0 Å². The molecule has 1 atom stereocenters. The molecule has 0 spiro atoms. The second-order valence-electron chi connectivity index (χ2n) is 7.44. The zero-order chi connectivity index (χ0) is 18.3. The Kier molecular flexibility index (Phi) is 6.77. The number of hydrogen-bond acceptors (Lipinski definition) is 3. The summed E-state index contributed by atoms with van der Waals surface area (Å²) < 4.78 is 5.33. The number of aliphatic hydroxyl groups is 1. The van der Waals surface area contributed by atoms with Crippen molar-refractivity contribution < 1.29 is 14.6 Å². The molecule has 2 aromatic rings. The molecule has 25 heavy (non-hydrogen) atoms. The molecule has 134 valence electrons. The molecule has 0 saturated heterocycles. The number of carbonyl (C=O) groups is 1. The maximum atomic E-state index is 11.8. The quantitative estimate of drug-likeness (QED) is 0.748. The molecular formula is C22H28O3. The average Bonchev–Trinajstić information content (AvgIpc) is 2.58. The highest BCUT2D eigenvalue weighted by molar-refractivity contribution is 5.69. The highest BCUT2D eigenvalue weighted by atomic mass is 16.6. The van der Waals surface area contributed by atoms with Gasteiger partial charge in [-0.2, -0.15) is 0 Å². The lowest BCUT2D eigenvalue weighted by Crippen LogP contribution is -2.24. The number of aliphatic hydroxyl groups excluding tert-OH is 1. The highest BCUT2D eigenvalue weighted by Gasteiger charge is 2.18. The molecule has 3 nitrogen and oxygen atoms in total. The van der Waals surface area contributed by atoms with Crippen LogP contribution in [0.5, 0.6) is 0 Å². The Balaban J connectivity index is 1.90. The van der Waals surface area contributed by atoms with Gasteiger partial charge in [-0.15, -0.1) is 0 Å². The SMILES string of the molecule is CC(C)(C)OC(=O)CCC(CO)Cc1ccc(-c2ccccc2)cc1. The Morgan fingerprint density at radius 1 is 1.00 bits per heavy atom. The molecule has 1 N–H and O–H groups in total. The second kappa shape index (κ2) is 8.82. The summed E-state index contributed by atoms with van der Waals surface area (Å²) >= 11 is 0. The van der Waals surface area contributed by atoms with Gasteiger partial charge in [0.1, 0.15) is 5.60 Å². The monoisotopic (exact) mass is 340 g/mol. The third-order valence-electron chi connectivity index (χ3n) is 4.02. The summed E-state index contributed by atoms with van der Waals surface area (Å²) in [5.41, 5.74) is 3.08. The zero-order valence-electron chi connectivity index (χ0n) is 15.4. The summed E-state index contributed by atoms with van der Waals surface area (Å²) in [6, 6.07) is 18.6. The highest BCUT2D eigenvalue weighted by Crippen LogP contribution is 2.21. The summed E-state index contributed by atoms with van der Waals surface area (Å²) in [5, 5.41) is 9.61. The van der Waals surface area contributed by atoms with E-state index in [0.29, 0.717) is 12.8 Å². The first kappa shape index (κ1) is 19.2. The standard InChI is InChI=1S/C22H28O3/c1-22(2,3)25-21(24)14-11-18(16-23)15-17-9-12-20(13-10-17)19-7-5-4-6-8-19/h4-10,12-13,18,23H,11,14-16H2,1-3H3. The van der Waals surface area contributed by atoms with E-state index in [4.69, 9.17) is 4.74 Å². The number of esters is 1. The van der Waals surface area contributed by atoms with Crippen LogP contribution in [0.25, 0.3) is 11.1 Å². The predicted molar refractivity (Wildman–Crippen MR) is 101 cm³/mol. The van der Waals surface area contributed by atoms with E-state index in [1.807, 2.05) is 39.0 Å². The molecule has 0 saturated carbocycles. The molecule has 0 aliphatic carbocycles. The van der Waals surface area contributed by atoms with Crippen molar-refractivity contribution in [3.8, 4) is 11.1 Å². The molecular weight excluding hydrogens is 312 g/mol. The van der Waals surface area contributed by atoms with Crippen LogP contribution in [0.2, 0.25) is 0 Å². The second-order valence-corrected chi connectivity index (χ2v) is 7.44. The van der Waals surface area contributed by atoms with Gasteiger partial charge in [-0.25, -0.2) is 0 Å². The van der Waals surface area contributed by atoms with Gasteiger partial charge in [-0.3, -0.25) is 4.79 Å². The Labute approximate surface area is 150 Å². The predicted octanol–water partition coefficient (Wildman–Crippen LogP) is 4.63. The van der Waals surface area contributed by atoms with Crippen LogP contribution in [0.3, 0.4) is 0 Å². The smallest absolute Gasteiger partial charge is 0.306 e. The number of carbonyl (C=O) groups excluding carboxylic acids is 1. The van der Waals surface area contributed by atoms with Gasteiger partial charge in [0.05, 0.1) is 0 Å². The molecule has 0 amide bonds. The Morgan fingerprint density at radius 3 is 2.16 bits per heavy atom. The van der Waals surface area contributed by atoms with E-state index in [9.17, 15) is 9.90 Å². The maximum Gasteiger partial charge on any atom is 0.306 e. The van der Waals surface area contributed by atoms with Gasteiger partial charge in [0.2, 0.25) is 0 Å². The topological polar surface area (TPSA) is 46.5 Å². The summed E-state index contributed by atoms with van der Waals surface area (Å²) in [6.07, 6.45) is 1.73. The van der Waals surface area contributed by atoms with Crippen LogP contribution >= 0.6 is 0 Å². The lowest BCUT2D eigenvalue weighted by atomic mass is 9.94. The number of hydrogen-bond donors (Lipinski definition) is 1. The van der Waals surface area contributed by atoms with Crippen LogP contribution in [0.15, 0.2) is 54.6 Å². The lowest BCUT2D eigenvalue weighted by Gasteiger charge is -2.20. The largest absolute Gasteiger partial charge is 0.460 e. The molecule has 0 heterocycles. The first-order valence-electron chi connectivity index (χ1n) is 8.84. The lowest BCUT2D eigenvalue weighted by molar-refractivity contribution is -0.155. The first-order valence-corrected chi connectivity index (χ1v) is 8.84. The average molecular weight is 340 g/mol. The van der Waals surface area contributed by atoms with E-state index in [1.165, 1.54) is 16.7 Å². The van der Waals surface area contributed by atoms with E-state index < -0.39 is 5.60 Å². The van der Waals surface area contributed by atoms with E-state index in [1.54, 1.807) is 0 Å². The van der Waals surface area contributed by atoms with Crippen molar-refractivity contribution in [3.63, 3.8) is 0 Å². The number of benzene rings is 2. The molecule has 0 aliphatic rings. The first-order chi connectivity index (χ1) is 11.9. The molecule has 2 aromatic carbocycles. The van der Waals surface area contributed by atoms with E-state index in [-0.39, 0.29) is 18.5 Å². The van der Waals surface area contributed by atoms with Crippen molar-refractivity contribution in [2.75, 3.05) is 6.61 Å². The fourth-order valence-electron chi connectivity index (χ4n) is 2.77. The van der Waals surface area contributed by atoms with Gasteiger partial charge in [-0.05, 0) is 56.2 Å². The molecule has 0 aromatic heterocycles. The van der Waals surface area contributed by atoms with Crippen LogP contribution < -0.4 is 0 Å². The molecule has 0 aliphatic heterocycles. The van der Waals surface area contributed by atoms with Crippen LogP contribution in [0.1, 0.15) is 39.2 Å². The molecule has 3 heteroatoms. The third kappa shape index (κ3) is 6.71. The van der Waals surface area contributed by atoms with Crippen LogP contribution in [-0.4, -0.2) is 23.3 Å². The summed E-state index contributed by atoms with van der Waals surface area (Å²) in [6.45, 7) is 5.66. The summed E-state index contributed by atoms with van der Waals surface area (Å²) in [7, 11) is 0. The third-order valence-corrected chi connectivity index (χ3v) is 4.02. The van der Waals surface area contributed by atoms with Crippen molar-refractivity contribution in [1.29, 1.82) is 0 Å². The van der Waals surface area contributed by atoms with Gasteiger partial charge in [0, 0.05) is 13.0 Å². The Hall–Kier alpha value is -2.13. The normalized spacial score (nSPS) is 12.6. The fraction of sp³-hybridized carbons (Fsp3) is 0.409. The summed E-state index contributed by atoms with van der Waals surface area (Å²) in [4.78, 5) is 11.8. The number of rotatable bonds is 7. The molecule has 2 rings (SSSR count). The minimum atomic E-state index is -0.459. The molecule has 0 bridgehead atoms. The van der Waals surface area contributed by atoms with Crippen LogP contribution in [0.4, 0.5) is 0 Å². The van der Waals surface area contributed by atoms with Crippen molar-refractivity contribution in [3.05, 3.63) is 60.2 Å². The van der Waals surface area contributed by atoms with Gasteiger partial charge in [0.15, 0.2) is 0 Å². The van der Waals surface area contributed by atoms with Crippen molar-refractivity contribution in [2.45, 2.75) is 45.6 Å². The van der Waals surface area contributed by atoms with Crippen molar-refractivity contribution in [2.24, 2.45) is 5.92 Å². The van der Waals surface area contributed by atoms with Gasteiger partial charge >= 0.3 is 5.97 Å². The maximum absolute atomic E-state index is 11.8. The summed E-state index contributed by atoms with van der Waals surface area (Å²) in [5.74, 6) is -0.138. The van der Waals surface area contributed by atoms with Crippen LogP contribution in [0, 0.1) is 5.92 Å². The molecule has 0 fully saturated rings. The van der Waals surface area contributed by atoms with Crippen molar-refractivity contribution >= 4 is 5.97 Å². The number of ether oxygens (including phenoxy) is 1. The van der Waals surface area contributed by atoms with Gasteiger partial charge < -0.3 is 9.84 Å². The van der Waals surface area contributed by atoms with E-state index in [2.05, 4.69) is 36.4 Å². The van der Waals surface area contributed by atoms with Crippen LogP contribution in [-0.2, 0) is 16.0 Å². The zero-order valence-corrected chi connectivity index (χ0v) is 15.4. The fourth-order valence-corrected chi connectivity index (χ4v) is 2.77. The minimum Gasteiger partial charge on any atom is -0.460 e. The van der Waals surface area contributed by atoms with Crippen molar-refractivity contribution in [1.82, 2.24) is 0 Å². The Morgan fingerprint density at radius 2 is 1.60 bits per heavy atom. The minimum absolute atomic E-state index is 0.0649.